The maximum Gasteiger partial charge on any atom is 0.229 e. The van der Waals surface area contributed by atoms with Crippen molar-refractivity contribution >= 4 is 29.9 Å². The molecule has 3 rings (SSSR count). The molecule has 3 heterocycles. The van der Waals surface area contributed by atoms with E-state index in [1.165, 1.54) is 0 Å². The maximum absolute atomic E-state index is 13.1. The predicted octanol–water partition coefficient (Wildman–Crippen LogP) is 3.56. The standard InChI is InChI=1S/C19H25ClN4O2.ClH/c1-14-17(19(20)26-23-14)7-8-18(25)24(13-15-5-2-3-11-22-15)16-6-4-10-21-12-9-16;/h2-3,5,11,16,21H,4,6-10,12-13H2,1H3;1H. The van der Waals surface area contributed by atoms with Gasteiger partial charge in [0.05, 0.1) is 17.9 Å². The zero-order valence-electron chi connectivity index (χ0n) is 15.5. The third kappa shape index (κ3) is 5.92. The van der Waals surface area contributed by atoms with E-state index < -0.39 is 0 Å². The Morgan fingerprint density at radius 2 is 2.22 bits per heavy atom. The van der Waals surface area contributed by atoms with Crippen molar-refractivity contribution in [3.05, 3.63) is 46.6 Å². The van der Waals surface area contributed by atoms with Crippen LogP contribution in [-0.2, 0) is 17.8 Å². The molecule has 0 bridgehead atoms. The van der Waals surface area contributed by atoms with Crippen LogP contribution in [0.15, 0.2) is 28.9 Å². The first-order valence-corrected chi connectivity index (χ1v) is 9.53. The van der Waals surface area contributed by atoms with Crippen LogP contribution in [0.2, 0.25) is 5.22 Å². The van der Waals surface area contributed by atoms with Gasteiger partial charge in [-0.05, 0) is 69.4 Å². The molecule has 0 aromatic carbocycles. The normalized spacial score (nSPS) is 17.0. The summed E-state index contributed by atoms with van der Waals surface area (Å²) in [5.74, 6) is 0.124. The van der Waals surface area contributed by atoms with Gasteiger partial charge in [0.25, 0.3) is 0 Å². The number of carbonyl (C=O) groups excluding carboxylic acids is 1. The van der Waals surface area contributed by atoms with Gasteiger partial charge in [0.15, 0.2) is 0 Å². The summed E-state index contributed by atoms with van der Waals surface area (Å²) >= 11 is 6.04. The van der Waals surface area contributed by atoms with Gasteiger partial charge in [-0.15, -0.1) is 12.4 Å². The van der Waals surface area contributed by atoms with Crippen LogP contribution in [0, 0.1) is 6.92 Å². The molecule has 0 radical (unpaired) electrons. The van der Waals surface area contributed by atoms with Gasteiger partial charge in [-0.1, -0.05) is 11.2 Å². The van der Waals surface area contributed by atoms with Gasteiger partial charge in [0.2, 0.25) is 11.1 Å². The van der Waals surface area contributed by atoms with Crippen molar-refractivity contribution in [3.8, 4) is 0 Å². The highest BCUT2D eigenvalue weighted by atomic mass is 35.5. The first-order valence-electron chi connectivity index (χ1n) is 9.16. The van der Waals surface area contributed by atoms with E-state index in [1.807, 2.05) is 30.0 Å². The quantitative estimate of drug-likeness (QED) is 0.784. The summed E-state index contributed by atoms with van der Waals surface area (Å²) in [6.45, 7) is 4.34. The number of hydrogen-bond donors (Lipinski definition) is 1. The van der Waals surface area contributed by atoms with Crippen molar-refractivity contribution in [2.24, 2.45) is 0 Å². The van der Waals surface area contributed by atoms with Crippen LogP contribution in [0.3, 0.4) is 0 Å². The Kier molecular flexibility index (Phi) is 8.54. The minimum Gasteiger partial charge on any atom is -0.344 e. The topological polar surface area (TPSA) is 71.3 Å². The van der Waals surface area contributed by atoms with E-state index in [4.69, 9.17) is 16.1 Å². The summed E-state index contributed by atoms with van der Waals surface area (Å²) in [6, 6.07) is 6.05. The van der Waals surface area contributed by atoms with Gasteiger partial charge >= 0.3 is 0 Å². The average Bonchev–Trinajstić information content (AvgIpc) is 2.84. The summed E-state index contributed by atoms with van der Waals surface area (Å²) in [5.41, 5.74) is 2.48. The molecule has 0 saturated carbocycles. The molecule has 1 atom stereocenters. The highest BCUT2D eigenvalue weighted by Gasteiger charge is 2.25. The summed E-state index contributed by atoms with van der Waals surface area (Å²) in [7, 11) is 0. The zero-order valence-corrected chi connectivity index (χ0v) is 17.1. The van der Waals surface area contributed by atoms with Gasteiger partial charge < -0.3 is 14.7 Å². The first kappa shape index (κ1) is 21.7. The number of pyridine rings is 1. The van der Waals surface area contributed by atoms with Crippen LogP contribution in [0.25, 0.3) is 0 Å². The van der Waals surface area contributed by atoms with Crippen molar-refractivity contribution in [2.75, 3.05) is 13.1 Å². The van der Waals surface area contributed by atoms with Gasteiger partial charge in [0.1, 0.15) is 0 Å². The molecule has 8 heteroatoms. The number of amides is 1. The van der Waals surface area contributed by atoms with Gasteiger partial charge in [-0.3, -0.25) is 9.78 Å². The average molecular weight is 413 g/mol. The minimum atomic E-state index is 0. The van der Waals surface area contributed by atoms with Crippen LogP contribution in [-0.4, -0.2) is 40.1 Å². The number of hydrogen-bond acceptors (Lipinski definition) is 5. The molecule has 0 aliphatic carbocycles. The zero-order chi connectivity index (χ0) is 18.4. The molecule has 2 aromatic rings. The highest BCUT2D eigenvalue weighted by Crippen LogP contribution is 2.23. The van der Waals surface area contributed by atoms with Crippen LogP contribution in [0.5, 0.6) is 0 Å². The summed E-state index contributed by atoms with van der Waals surface area (Å²) in [5, 5.41) is 7.55. The first-order chi connectivity index (χ1) is 12.6. The van der Waals surface area contributed by atoms with E-state index >= 15 is 0 Å². The molecule has 1 fully saturated rings. The second-order valence-corrected chi connectivity index (χ2v) is 7.04. The number of halogens is 2. The molecule has 2 aromatic heterocycles. The van der Waals surface area contributed by atoms with Crippen molar-refractivity contribution in [2.45, 2.75) is 51.6 Å². The number of aryl methyl sites for hydroxylation is 1. The van der Waals surface area contributed by atoms with Crippen molar-refractivity contribution in [3.63, 3.8) is 0 Å². The molecule has 27 heavy (non-hydrogen) atoms. The Hall–Kier alpha value is -1.63. The predicted molar refractivity (Wildman–Crippen MR) is 107 cm³/mol. The van der Waals surface area contributed by atoms with E-state index in [2.05, 4.69) is 15.5 Å². The Morgan fingerprint density at radius 3 is 2.93 bits per heavy atom. The van der Waals surface area contributed by atoms with E-state index in [-0.39, 0.29) is 29.6 Å². The molecule has 1 N–H and O–H groups in total. The molecule has 1 amide bonds. The lowest BCUT2D eigenvalue weighted by Gasteiger charge is -2.31. The van der Waals surface area contributed by atoms with Crippen molar-refractivity contribution in [1.29, 1.82) is 0 Å². The minimum absolute atomic E-state index is 0. The second-order valence-electron chi connectivity index (χ2n) is 6.70. The van der Waals surface area contributed by atoms with Crippen LogP contribution < -0.4 is 5.32 Å². The molecule has 1 aliphatic rings. The third-order valence-electron chi connectivity index (χ3n) is 4.89. The number of nitrogens with zero attached hydrogens (tertiary/aromatic N) is 3. The molecule has 1 unspecified atom stereocenters. The second kappa shape index (κ2) is 10.6. The van der Waals surface area contributed by atoms with E-state index in [1.54, 1.807) is 6.20 Å². The fraction of sp³-hybridized carbons (Fsp3) is 0.526. The number of carbonyl (C=O) groups is 1. The lowest BCUT2D eigenvalue weighted by molar-refractivity contribution is -0.134. The molecule has 1 aliphatic heterocycles. The summed E-state index contributed by atoms with van der Waals surface area (Å²) < 4.78 is 4.99. The Labute approximate surface area is 171 Å². The highest BCUT2D eigenvalue weighted by molar-refractivity contribution is 6.29. The largest absolute Gasteiger partial charge is 0.344 e. The lowest BCUT2D eigenvalue weighted by Crippen LogP contribution is -2.40. The Bertz CT molecular complexity index is 696. The van der Waals surface area contributed by atoms with Crippen LogP contribution in [0.4, 0.5) is 0 Å². The molecule has 1 saturated heterocycles. The number of rotatable bonds is 6. The molecule has 6 nitrogen and oxygen atoms in total. The fourth-order valence-corrected chi connectivity index (χ4v) is 3.68. The van der Waals surface area contributed by atoms with Gasteiger partial charge in [0, 0.05) is 24.2 Å². The van der Waals surface area contributed by atoms with E-state index in [0.717, 1.165) is 49.3 Å². The molecular formula is C19H26Cl2N4O2. The number of aromatic nitrogens is 2. The fourth-order valence-electron chi connectivity index (χ4n) is 3.42. The maximum atomic E-state index is 13.1. The molecule has 148 valence electrons. The Balaban J connectivity index is 0.00000261. The molecule has 0 spiro atoms. The van der Waals surface area contributed by atoms with Gasteiger partial charge in [-0.2, -0.15) is 0 Å². The summed E-state index contributed by atoms with van der Waals surface area (Å²) in [4.78, 5) is 19.5. The SMILES string of the molecule is Cc1noc(Cl)c1CCC(=O)N(Cc1ccccn1)C1CCCNCC1.Cl. The number of nitrogens with one attached hydrogen (secondary N) is 1. The monoisotopic (exact) mass is 412 g/mol. The lowest BCUT2D eigenvalue weighted by atomic mass is 10.0. The van der Waals surface area contributed by atoms with Crippen molar-refractivity contribution in [1.82, 2.24) is 20.4 Å². The summed E-state index contributed by atoms with van der Waals surface area (Å²) in [6.07, 6.45) is 5.75. The Morgan fingerprint density at radius 1 is 1.37 bits per heavy atom. The van der Waals surface area contributed by atoms with Crippen LogP contribution >= 0.6 is 24.0 Å². The van der Waals surface area contributed by atoms with Gasteiger partial charge in [-0.25, -0.2) is 0 Å². The van der Waals surface area contributed by atoms with E-state index in [0.29, 0.717) is 19.4 Å². The van der Waals surface area contributed by atoms with Crippen molar-refractivity contribution < 1.29 is 9.32 Å². The van der Waals surface area contributed by atoms with E-state index in [9.17, 15) is 4.79 Å². The smallest absolute Gasteiger partial charge is 0.229 e. The molecular weight excluding hydrogens is 387 g/mol. The third-order valence-corrected chi connectivity index (χ3v) is 5.19. The van der Waals surface area contributed by atoms with Crippen LogP contribution in [0.1, 0.15) is 42.6 Å².